The first kappa shape index (κ1) is 20.0. The number of halogens is 1. The van der Waals surface area contributed by atoms with Crippen molar-refractivity contribution in [1.29, 1.82) is 0 Å². The standard InChI is InChI=1S/C22H18BrNO3S/c1-26-20-12-16(19(23)14-21(20)27-2)13-22(25)24-17-6-3-5-15(11-17)8-9-18-7-4-10-28-18/h3-7,10-12,14H,13H2,1-2H3,(H,24,25). The molecule has 0 unspecified atom stereocenters. The van der Waals surface area contributed by atoms with E-state index in [1.54, 1.807) is 37.7 Å². The van der Waals surface area contributed by atoms with Crippen molar-refractivity contribution in [3.05, 3.63) is 74.4 Å². The van der Waals surface area contributed by atoms with Gasteiger partial charge in [0.1, 0.15) is 0 Å². The van der Waals surface area contributed by atoms with Crippen molar-refractivity contribution in [2.75, 3.05) is 19.5 Å². The van der Waals surface area contributed by atoms with Gasteiger partial charge in [-0.25, -0.2) is 0 Å². The Balaban J connectivity index is 1.71. The lowest BCUT2D eigenvalue weighted by Crippen LogP contribution is -2.15. The summed E-state index contributed by atoms with van der Waals surface area (Å²) in [5.74, 6) is 7.30. The lowest BCUT2D eigenvalue weighted by atomic mass is 10.1. The molecule has 28 heavy (non-hydrogen) atoms. The molecule has 0 aliphatic carbocycles. The van der Waals surface area contributed by atoms with E-state index in [-0.39, 0.29) is 12.3 Å². The first-order chi connectivity index (χ1) is 13.6. The van der Waals surface area contributed by atoms with Gasteiger partial charge in [0.15, 0.2) is 11.5 Å². The number of methoxy groups -OCH3 is 2. The summed E-state index contributed by atoms with van der Waals surface area (Å²) in [6.45, 7) is 0. The fraction of sp³-hybridized carbons (Fsp3) is 0.136. The molecule has 0 bridgehead atoms. The first-order valence-corrected chi connectivity index (χ1v) is 10.1. The zero-order valence-corrected chi connectivity index (χ0v) is 17.8. The zero-order valence-electron chi connectivity index (χ0n) is 15.4. The summed E-state index contributed by atoms with van der Waals surface area (Å²) in [5.41, 5.74) is 2.36. The second-order valence-electron chi connectivity index (χ2n) is 5.83. The highest BCUT2D eigenvalue weighted by Crippen LogP contribution is 2.33. The smallest absolute Gasteiger partial charge is 0.228 e. The number of thiophene rings is 1. The van der Waals surface area contributed by atoms with E-state index >= 15 is 0 Å². The van der Waals surface area contributed by atoms with E-state index in [0.717, 1.165) is 20.5 Å². The molecule has 0 spiro atoms. The molecule has 1 N–H and O–H groups in total. The number of carbonyl (C=O) groups excluding carboxylic acids is 1. The summed E-state index contributed by atoms with van der Waals surface area (Å²) in [5, 5.41) is 4.91. The van der Waals surface area contributed by atoms with E-state index in [4.69, 9.17) is 9.47 Å². The predicted molar refractivity (Wildman–Crippen MR) is 116 cm³/mol. The maximum atomic E-state index is 12.5. The Morgan fingerprint density at radius 1 is 1.07 bits per heavy atom. The van der Waals surface area contributed by atoms with Gasteiger partial charge >= 0.3 is 0 Å². The van der Waals surface area contributed by atoms with Gasteiger partial charge < -0.3 is 14.8 Å². The number of benzene rings is 2. The second-order valence-corrected chi connectivity index (χ2v) is 7.63. The molecule has 0 radical (unpaired) electrons. The summed E-state index contributed by atoms with van der Waals surface area (Å²) in [7, 11) is 3.14. The summed E-state index contributed by atoms with van der Waals surface area (Å²) in [4.78, 5) is 13.5. The average Bonchev–Trinajstić information content (AvgIpc) is 3.21. The van der Waals surface area contributed by atoms with Gasteiger partial charge in [0.05, 0.1) is 25.5 Å². The molecule has 1 amide bonds. The predicted octanol–water partition coefficient (Wildman–Crippen LogP) is 5.11. The van der Waals surface area contributed by atoms with Gasteiger partial charge in [-0.1, -0.05) is 39.9 Å². The first-order valence-electron chi connectivity index (χ1n) is 8.45. The number of ether oxygens (including phenoxy) is 2. The molecule has 3 rings (SSSR count). The molecule has 6 heteroatoms. The van der Waals surface area contributed by atoms with Gasteiger partial charge in [-0.15, -0.1) is 11.3 Å². The molecule has 0 fully saturated rings. The van der Waals surface area contributed by atoms with Gasteiger partial charge in [-0.3, -0.25) is 4.79 Å². The van der Waals surface area contributed by atoms with E-state index in [2.05, 4.69) is 33.1 Å². The minimum atomic E-state index is -0.128. The quantitative estimate of drug-likeness (QED) is 0.543. The summed E-state index contributed by atoms with van der Waals surface area (Å²) >= 11 is 5.08. The number of carbonyl (C=O) groups is 1. The third-order valence-corrected chi connectivity index (χ3v) is 5.42. The number of hydrogen-bond acceptors (Lipinski definition) is 4. The van der Waals surface area contributed by atoms with Crippen molar-refractivity contribution < 1.29 is 14.3 Å². The molecule has 142 valence electrons. The second kappa shape index (κ2) is 9.45. The van der Waals surface area contributed by atoms with Crippen LogP contribution < -0.4 is 14.8 Å². The Morgan fingerprint density at radius 2 is 1.86 bits per heavy atom. The molecule has 0 saturated heterocycles. The number of rotatable bonds is 5. The highest BCUT2D eigenvalue weighted by molar-refractivity contribution is 9.10. The Morgan fingerprint density at radius 3 is 2.57 bits per heavy atom. The molecular weight excluding hydrogens is 438 g/mol. The van der Waals surface area contributed by atoms with Crippen molar-refractivity contribution in [1.82, 2.24) is 0 Å². The topological polar surface area (TPSA) is 47.6 Å². The van der Waals surface area contributed by atoms with Gasteiger partial charge in [0.25, 0.3) is 0 Å². The molecule has 2 aromatic carbocycles. The Hall–Kier alpha value is -2.75. The van der Waals surface area contributed by atoms with Crippen LogP contribution >= 0.6 is 27.3 Å². The highest BCUT2D eigenvalue weighted by atomic mass is 79.9. The van der Waals surface area contributed by atoms with E-state index in [1.165, 1.54) is 0 Å². The fourth-order valence-corrected chi connectivity index (χ4v) is 3.60. The van der Waals surface area contributed by atoms with Crippen LogP contribution in [0.3, 0.4) is 0 Å². The number of anilines is 1. The van der Waals surface area contributed by atoms with Gasteiger partial charge in [0.2, 0.25) is 5.91 Å². The molecule has 1 aromatic heterocycles. The molecular formula is C22H18BrNO3S. The van der Waals surface area contributed by atoms with E-state index in [1.807, 2.05) is 41.8 Å². The maximum absolute atomic E-state index is 12.5. The molecule has 1 heterocycles. The van der Waals surface area contributed by atoms with Crippen molar-refractivity contribution in [3.8, 4) is 23.3 Å². The largest absolute Gasteiger partial charge is 0.493 e. The Bertz CT molecular complexity index is 1040. The van der Waals surface area contributed by atoms with Crippen LogP contribution in [-0.4, -0.2) is 20.1 Å². The summed E-state index contributed by atoms with van der Waals surface area (Å²) < 4.78 is 11.4. The Labute approximate surface area is 176 Å². The third-order valence-electron chi connectivity index (χ3n) is 3.90. The van der Waals surface area contributed by atoms with Crippen LogP contribution in [0.25, 0.3) is 0 Å². The van der Waals surface area contributed by atoms with E-state index < -0.39 is 0 Å². The average molecular weight is 456 g/mol. The van der Waals surface area contributed by atoms with Crippen LogP contribution in [0, 0.1) is 11.8 Å². The van der Waals surface area contributed by atoms with Crippen LogP contribution in [0.15, 0.2) is 58.4 Å². The lowest BCUT2D eigenvalue weighted by molar-refractivity contribution is -0.115. The summed E-state index contributed by atoms with van der Waals surface area (Å²) in [6.07, 6.45) is 0.200. The maximum Gasteiger partial charge on any atom is 0.228 e. The molecule has 3 aromatic rings. The van der Waals surface area contributed by atoms with E-state index in [9.17, 15) is 4.79 Å². The normalized spacial score (nSPS) is 9.96. The van der Waals surface area contributed by atoms with Crippen molar-refractivity contribution in [3.63, 3.8) is 0 Å². The molecule has 0 atom stereocenters. The van der Waals surface area contributed by atoms with Crippen LogP contribution in [-0.2, 0) is 11.2 Å². The third kappa shape index (κ3) is 5.16. The van der Waals surface area contributed by atoms with Crippen LogP contribution in [0.5, 0.6) is 11.5 Å². The molecule has 0 aliphatic heterocycles. The van der Waals surface area contributed by atoms with Crippen molar-refractivity contribution in [2.24, 2.45) is 0 Å². The highest BCUT2D eigenvalue weighted by Gasteiger charge is 2.13. The molecule has 0 saturated carbocycles. The zero-order chi connectivity index (χ0) is 19.9. The molecule has 0 aliphatic rings. The molecule has 4 nitrogen and oxygen atoms in total. The minimum Gasteiger partial charge on any atom is -0.493 e. The minimum absolute atomic E-state index is 0.128. The van der Waals surface area contributed by atoms with Crippen LogP contribution in [0.2, 0.25) is 0 Å². The van der Waals surface area contributed by atoms with Crippen molar-refractivity contribution in [2.45, 2.75) is 6.42 Å². The fourth-order valence-electron chi connectivity index (χ4n) is 2.57. The lowest BCUT2D eigenvalue weighted by Gasteiger charge is -2.12. The van der Waals surface area contributed by atoms with Gasteiger partial charge in [0, 0.05) is 15.7 Å². The van der Waals surface area contributed by atoms with Gasteiger partial charge in [-0.2, -0.15) is 0 Å². The SMILES string of the molecule is COc1cc(Br)c(CC(=O)Nc2cccc(C#Cc3cccs3)c2)cc1OC. The number of hydrogen-bond donors (Lipinski definition) is 1. The number of nitrogens with one attached hydrogen (secondary N) is 1. The van der Waals surface area contributed by atoms with E-state index in [0.29, 0.717) is 17.2 Å². The van der Waals surface area contributed by atoms with Crippen LogP contribution in [0.4, 0.5) is 5.69 Å². The van der Waals surface area contributed by atoms with Crippen molar-refractivity contribution >= 4 is 38.9 Å². The summed E-state index contributed by atoms with van der Waals surface area (Å²) in [6, 6.07) is 15.0. The number of amides is 1. The van der Waals surface area contributed by atoms with Gasteiger partial charge in [-0.05, 0) is 47.3 Å². The van der Waals surface area contributed by atoms with Crippen LogP contribution in [0.1, 0.15) is 16.0 Å². The Kier molecular flexibility index (Phi) is 6.75. The monoisotopic (exact) mass is 455 g/mol.